The minimum absolute atomic E-state index is 0.786. The highest BCUT2D eigenvalue weighted by Crippen LogP contribution is 2.12. The van der Waals surface area contributed by atoms with Gasteiger partial charge in [-0.05, 0) is 50.4 Å². The third-order valence-electron chi connectivity index (χ3n) is 2.92. The van der Waals surface area contributed by atoms with Gasteiger partial charge in [-0.1, -0.05) is 32.0 Å². The molecule has 0 amide bonds. The average Bonchev–Trinajstić information content (AvgIpc) is 2.36. The fourth-order valence-electron chi connectivity index (χ4n) is 1.81. The summed E-state index contributed by atoms with van der Waals surface area (Å²) in [6.45, 7) is 7.51. The lowest BCUT2D eigenvalue weighted by Crippen LogP contribution is -2.16. The van der Waals surface area contributed by atoms with Gasteiger partial charge in [-0.15, -0.1) is 0 Å². The minimum Gasteiger partial charge on any atom is -0.494 e. The molecule has 0 spiro atoms. The van der Waals surface area contributed by atoms with Crippen molar-refractivity contribution in [3.63, 3.8) is 0 Å². The van der Waals surface area contributed by atoms with Crippen molar-refractivity contribution in [1.29, 1.82) is 0 Å². The first kappa shape index (κ1) is 14.0. The zero-order valence-corrected chi connectivity index (χ0v) is 11.1. The Labute approximate surface area is 105 Å². The zero-order chi connectivity index (χ0) is 12.3. The Balaban J connectivity index is 2.00. The molecule has 2 nitrogen and oxygen atoms in total. The lowest BCUT2D eigenvalue weighted by molar-refractivity contribution is 0.292. The molecule has 0 aliphatic rings. The van der Waals surface area contributed by atoms with Crippen molar-refractivity contribution in [1.82, 2.24) is 5.32 Å². The van der Waals surface area contributed by atoms with Crippen molar-refractivity contribution in [2.75, 3.05) is 19.7 Å². The van der Waals surface area contributed by atoms with E-state index in [1.54, 1.807) is 0 Å². The van der Waals surface area contributed by atoms with Gasteiger partial charge in [0.1, 0.15) is 5.75 Å². The number of hydrogen-bond donors (Lipinski definition) is 1. The lowest BCUT2D eigenvalue weighted by Gasteiger charge is -2.12. The van der Waals surface area contributed by atoms with Crippen molar-refractivity contribution in [2.45, 2.75) is 33.1 Å². The molecule has 1 aromatic carbocycles. The summed E-state index contributed by atoms with van der Waals surface area (Å²) in [5, 5.41) is 3.36. The first-order valence-electron chi connectivity index (χ1n) is 6.71. The summed E-state index contributed by atoms with van der Waals surface area (Å²) in [5.74, 6) is 1.77. The smallest absolute Gasteiger partial charge is 0.119 e. The molecule has 0 fully saturated rings. The molecular weight excluding hydrogens is 210 g/mol. The summed E-state index contributed by atoms with van der Waals surface area (Å²) >= 11 is 0. The van der Waals surface area contributed by atoms with Crippen molar-refractivity contribution in [3.05, 3.63) is 30.3 Å². The van der Waals surface area contributed by atoms with Crippen LogP contribution in [0.25, 0.3) is 0 Å². The van der Waals surface area contributed by atoms with Crippen LogP contribution in [0.5, 0.6) is 5.75 Å². The Morgan fingerprint density at radius 2 is 1.94 bits per heavy atom. The first-order valence-corrected chi connectivity index (χ1v) is 6.71. The quantitative estimate of drug-likeness (QED) is 0.662. The van der Waals surface area contributed by atoms with Gasteiger partial charge in [-0.25, -0.2) is 0 Å². The summed E-state index contributed by atoms with van der Waals surface area (Å²) in [6, 6.07) is 10.0. The molecule has 1 unspecified atom stereocenters. The monoisotopic (exact) mass is 235 g/mol. The summed E-state index contributed by atoms with van der Waals surface area (Å²) < 4.78 is 5.67. The summed E-state index contributed by atoms with van der Waals surface area (Å²) in [7, 11) is 0. The highest BCUT2D eigenvalue weighted by atomic mass is 16.5. The summed E-state index contributed by atoms with van der Waals surface area (Å²) in [6.07, 6.45) is 3.65. The van der Waals surface area contributed by atoms with E-state index >= 15 is 0 Å². The van der Waals surface area contributed by atoms with Gasteiger partial charge in [-0.3, -0.25) is 0 Å². The molecule has 1 aromatic rings. The topological polar surface area (TPSA) is 21.3 Å². The summed E-state index contributed by atoms with van der Waals surface area (Å²) in [4.78, 5) is 0. The molecule has 0 heterocycles. The molecule has 0 radical (unpaired) electrons. The molecule has 96 valence electrons. The van der Waals surface area contributed by atoms with Crippen molar-refractivity contribution in [2.24, 2.45) is 5.92 Å². The molecule has 2 heteroatoms. The molecule has 1 N–H and O–H groups in total. The number of hydrogen-bond acceptors (Lipinski definition) is 2. The Morgan fingerprint density at radius 1 is 1.18 bits per heavy atom. The van der Waals surface area contributed by atoms with Gasteiger partial charge in [0.05, 0.1) is 6.61 Å². The van der Waals surface area contributed by atoms with Gasteiger partial charge < -0.3 is 10.1 Å². The molecule has 0 saturated carbocycles. The van der Waals surface area contributed by atoms with Gasteiger partial charge >= 0.3 is 0 Å². The molecule has 0 bridgehead atoms. The third kappa shape index (κ3) is 7.01. The second kappa shape index (κ2) is 9.06. The van der Waals surface area contributed by atoms with E-state index in [0.29, 0.717) is 0 Å². The second-order valence-electron chi connectivity index (χ2n) is 4.55. The Bertz CT molecular complexity index is 274. The van der Waals surface area contributed by atoms with Crippen molar-refractivity contribution < 1.29 is 4.74 Å². The Hall–Kier alpha value is -1.02. The van der Waals surface area contributed by atoms with Gasteiger partial charge in [0, 0.05) is 0 Å². The van der Waals surface area contributed by atoms with Crippen LogP contribution in [-0.4, -0.2) is 19.7 Å². The van der Waals surface area contributed by atoms with E-state index in [4.69, 9.17) is 4.74 Å². The van der Waals surface area contributed by atoms with Crippen LogP contribution >= 0.6 is 0 Å². The largest absolute Gasteiger partial charge is 0.494 e. The standard InChI is InChI=1S/C15H25NO/c1-3-16-12-11-14(2)8-7-13-17-15-9-5-4-6-10-15/h4-6,9-10,14,16H,3,7-8,11-13H2,1-2H3. The molecule has 0 saturated heterocycles. The van der Waals surface area contributed by atoms with Crippen LogP contribution in [0.4, 0.5) is 0 Å². The maximum Gasteiger partial charge on any atom is 0.119 e. The molecule has 0 aromatic heterocycles. The number of benzene rings is 1. The van der Waals surface area contributed by atoms with Crippen LogP contribution < -0.4 is 10.1 Å². The predicted molar refractivity (Wildman–Crippen MR) is 73.5 cm³/mol. The van der Waals surface area contributed by atoms with Crippen LogP contribution in [0.15, 0.2) is 30.3 Å². The van der Waals surface area contributed by atoms with Crippen molar-refractivity contribution >= 4 is 0 Å². The second-order valence-corrected chi connectivity index (χ2v) is 4.55. The van der Waals surface area contributed by atoms with Gasteiger partial charge in [0.25, 0.3) is 0 Å². The van der Waals surface area contributed by atoms with Crippen LogP contribution in [0, 0.1) is 5.92 Å². The van der Waals surface area contributed by atoms with Crippen molar-refractivity contribution in [3.8, 4) is 5.75 Å². The van der Waals surface area contributed by atoms with E-state index in [0.717, 1.165) is 37.8 Å². The average molecular weight is 235 g/mol. The number of nitrogens with one attached hydrogen (secondary N) is 1. The molecule has 17 heavy (non-hydrogen) atoms. The van der Waals surface area contributed by atoms with Crippen LogP contribution in [0.1, 0.15) is 33.1 Å². The lowest BCUT2D eigenvalue weighted by atomic mass is 10.0. The normalized spacial score (nSPS) is 12.4. The predicted octanol–water partition coefficient (Wildman–Crippen LogP) is 3.48. The van der Waals surface area contributed by atoms with Gasteiger partial charge in [0.15, 0.2) is 0 Å². The highest BCUT2D eigenvalue weighted by molar-refractivity contribution is 5.20. The SMILES string of the molecule is CCNCCC(C)CCCOc1ccccc1. The van der Waals surface area contributed by atoms with Crippen LogP contribution in [0.3, 0.4) is 0 Å². The molecular formula is C15H25NO. The van der Waals surface area contributed by atoms with E-state index in [9.17, 15) is 0 Å². The number of rotatable bonds is 9. The fraction of sp³-hybridized carbons (Fsp3) is 0.600. The number of para-hydroxylation sites is 1. The molecule has 1 rings (SSSR count). The van der Waals surface area contributed by atoms with E-state index < -0.39 is 0 Å². The van der Waals surface area contributed by atoms with Gasteiger partial charge in [0.2, 0.25) is 0 Å². The minimum atomic E-state index is 0.786. The molecule has 1 atom stereocenters. The first-order chi connectivity index (χ1) is 8.33. The fourth-order valence-corrected chi connectivity index (χ4v) is 1.81. The van der Waals surface area contributed by atoms with E-state index in [-0.39, 0.29) is 0 Å². The maximum atomic E-state index is 5.67. The Kier molecular flexibility index (Phi) is 7.48. The zero-order valence-electron chi connectivity index (χ0n) is 11.1. The van der Waals surface area contributed by atoms with E-state index in [1.165, 1.54) is 12.8 Å². The van der Waals surface area contributed by atoms with Gasteiger partial charge in [-0.2, -0.15) is 0 Å². The maximum absolute atomic E-state index is 5.67. The van der Waals surface area contributed by atoms with Crippen LogP contribution in [0.2, 0.25) is 0 Å². The third-order valence-corrected chi connectivity index (χ3v) is 2.92. The molecule has 0 aliphatic carbocycles. The highest BCUT2D eigenvalue weighted by Gasteiger charge is 2.01. The number of ether oxygens (including phenoxy) is 1. The van der Waals surface area contributed by atoms with E-state index in [1.807, 2.05) is 30.3 Å². The summed E-state index contributed by atoms with van der Waals surface area (Å²) in [5.41, 5.74) is 0. The van der Waals surface area contributed by atoms with E-state index in [2.05, 4.69) is 19.2 Å². The van der Waals surface area contributed by atoms with Crippen LogP contribution in [-0.2, 0) is 0 Å². The molecule has 0 aliphatic heterocycles. The Morgan fingerprint density at radius 3 is 2.65 bits per heavy atom.